The Kier molecular flexibility index (Phi) is 3.76. The zero-order valence-electron chi connectivity index (χ0n) is 11.7. The van der Waals surface area contributed by atoms with E-state index in [4.69, 9.17) is 15.2 Å². The van der Waals surface area contributed by atoms with Crippen LogP contribution in [0.2, 0.25) is 0 Å². The van der Waals surface area contributed by atoms with E-state index in [1.165, 1.54) is 0 Å². The fourth-order valence-electron chi connectivity index (χ4n) is 2.21. The van der Waals surface area contributed by atoms with Crippen molar-refractivity contribution in [3.05, 3.63) is 29.7 Å². The highest BCUT2D eigenvalue weighted by molar-refractivity contribution is 5.72. The maximum Gasteiger partial charge on any atom is 0.128 e. The maximum atomic E-state index is 5.75. The van der Waals surface area contributed by atoms with Crippen LogP contribution in [0.25, 0.3) is 11.3 Å². The number of aryl methyl sites for hydroxylation is 2. The van der Waals surface area contributed by atoms with Gasteiger partial charge in [-0.15, -0.1) is 0 Å². The average Bonchev–Trinajstić information content (AvgIpc) is 2.79. The van der Waals surface area contributed by atoms with Crippen molar-refractivity contribution in [1.82, 2.24) is 9.55 Å². The summed E-state index contributed by atoms with van der Waals surface area (Å²) in [6, 6.07) is 3.92. The third kappa shape index (κ3) is 2.29. The monoisotopic (exact) mass is 261 g/mol. The first-order chi connectivity index (χ1) is 9.12. The van der Waals surface area contributed by atoms with E-state index in [1.54, 1.807) is 20.5 Å². The van der Waals surface area contributed by atoms with Crippen LogP contribution in [-0.4, -0.2) is 23.8 Å². The maximum absolute atomic E-state index is 5.75. The number of nitrogens with zero attached hydrogens (tertiary/aromatic N) is 2. The molecule has 0 saturated heterocycles. The van der Waals surface area contributed by atoms with Crippen LogP contribution in [0, 0.1) is 6.92 Å². The van der Waals surface area contributed by atoms with Crippen LogP contribution < -0.4 is 15.2 Å². The van der Waals surface area contributed by atoms with Gasteiger partial charge in [0.1, 0.15) is 11.5 Å². The first-order valence-electron chi connectivity index (χ1n) is 6.05. The molecule has 2 aromatic rings. The van der Waals surface area contributed by atoms with Gasteiger partial charge in [-0.2, -0.15) is 0 Å². The van der Waals surface area contributed by atoms with Crippen LogP contribution in [0.15, 0.2) is 18.5 Å². The fourth-order valence-corrected chi connectivity index (χ4v) is 2.21. The molecule has 1 aromatic carbocycles. The summed E-state index contributed by atoms with van der Waals surface area (Å²) in [5.41, 5.74) is 9.50. The summed E-state index contributed by atoms with van der Waals surface area (Å²) in [6.07, 6.45) is 1.75. The predicted molar refractivity (Wildman–Crippen MR) is 74.4 cm³/mol. The lowest BCUT2D eigenvalue weighted by atomic mass is 10.0. The molecule has 0 amide bonds. The molecule has 5 nitrogen and oxygen atoms in total. The molecule has 102 valence electrons. The molecular formula is C14H19N3O2. The van der Waals surface area contributed by atoms with Gasteiger partial charge in [-0.3, -0.25) is 0 Å². The van der Waals surface area contributed by atoms with Gasteiger partial charge in [0.25, 0.3) is 0 Å². The molecule has 0 unspecified atom stereocenters. The molecule has 0 atom stereocenters. The highest BCUT2D eigenvalue weighted by Crippen LogP contribution is 2.36. The summed E-state index contributed by atoms with van der Waals surface area (Å²) >= 11 is 0. The lowest BCUT2D eigenvalue weighted by Crippen LogP contribution is -2.02. The number of aromatic nitrogens is 2. The number of hydrogen-bond acceptors (Lipinski definition) is 4. The molecule has 1 heterocycles. The second-order valence-corrected chi connectivity index (χ2v) is 4.38. The molecule has 0 saturated carbocycles. The Bertz CT molecular complexity index is 591. The summed E-state index contributed by atoms with van der Waals surface area (Å²) in [4.78, 5) is 4.31. The first-order valence-corrected chi connectivity index (χ1v) is 6.05. The SMILES string of the molecule is COc1cc(-c2c(CN)ncn2C)c(OC)cc1C. The van der Waals surface area contributed by atoms with Gasteiger partial charge in [-0.25, -0.2) is 4.98 Å². The molecule has 2 rings (SSSR count). The summed E-state index contributed by atoms with van der Waals surface area (Å²) in [7, 11) is 5.25. The molecule has 0 aliphatic carbocycles. The van der Waals surface area contributed by atoms with Crippen molar-refractivity contribution < 1.29 is 9.47 Å². The molecule has 5 heteroatoms. The molecule has 1 aromatic heterocycles. The van der Waals surface area contributed by atoms with Crippen molar-refractivity contribution in [3.8, 4) is 22.8 Å². The number of hydrogen-bond donors (Lipinski definition) is 1. The van der Waals surface area contributed by atoms with E-state index >= 15 is 0 Å². The van der Waals surface area contributed by atoms with E-state index in [0.717, 1.165) is 34.0 Å². The number of nitrogens with two attached hydrogens (primary N) is 1. The quantitative estimate of drug-likeness (QED) is 0.912. The highest BCUT2D eigenvalue weighted by Gasteiger charge is 2.17. The van der Waals surface area contributed by atoms with Crippen LogP contribution in [-0.2, 0) is 13.6 Å². The molecule has 0 bridgehead atoms. The van der Waals surface area contributed by atoms with Crippen molar-refractivity contribution in [1.29, 1.82) is 0 Å². The van der Waals surface area contributed by atoms with Crippen molar-refractivity contribution in [2.45, 2.75) is 13.5 Å². The van der Waals surface area contributed by atoms with Crippen LogP contribution in [0.1, 0.15) is 11.3 Å². The van der Waals surface area contributed by atoms with Crippen molar-refractivity contribution in [3.63, 3.8) is 0 Å². The minimum atomic E-state index is 0.384. The Morgan fingerprint density at radius 3 is 2.47 bits per heavy atom. The smallest absolute Gasteiger partial charge is 0.128 e. The van der Waals surface area contributed by atoms with E-state index in [0.29, 0.717) is 6.54 Å². The molecule has 2 N–H and O–H groups in total. The fraction of sp³-hybridized carbons (Fsp3) is 0.357. The molecule has 0 radical (unpaired) electrons. The zero-order chi connectivity index (χ0) is 14.0. The third-order valence-electron chi connectivity index (χ3n) is 3.18. The number of methoxy groups -OCH3 is 2. The standard InChI is InChI=1S/C14H19N3O2/c1-9-5-13(19-4)10(6-12(9)18-3)14-11(7-15)16-8-17(14)2/h5-6,8H,7,15H2,1-4H3. The lowest BCUT2D eigenvalue weighted by molar-refractivity contribution is 0.401. The zero-order valence-corrected chi connectivity index (χ0v) is 11.7. The lowest BCUT2D eigenvalue weighted by Gasteiger charge is -2.14. The van der Waals surface area contributed by atoms with Crippen LogP contribution >= 0.6 is 0 Å². The number of imidazole rings is 1. The minimum Gasteiger partial charge on any atom is -0.496 e. The van der Waals surface area contributed by atoms with Gasteiger partial charge in [-0.05, 0) is 24.6 Å². The normalized spacial score (nSPS) is 10.6. The molecule has 0 aliphatic heterocycles. The summed E-state index contributed by atoms with van der Waals surface area (Å²) in [5, 5.41) is 0. The second kappa shape index (κ2) is 5.32. The van der Waals surface area contributed by atoms with Crippen LogP contribution in [0.5, 0.6) is 11.5 Å². The van der Waals surface area contributed by atoms with Gasteiger partial charge >= 0.3 is 0 Å². The van der Waals surface area contributed by atoms with Gasteiger partial charge in [0.2, 0.25) is 0 Å². The van der Waals surface area contributed by atoms with Crippen LogP contribution in [0.4, 0.5) is 0 Å². The summed E-state index contributed by atoms with van der Waals surface area (Å²) in [5.74, 6) is 1.61. The van der Waals surface area contributed by atoms with Crippen molar-refractivity contribution in [2.24, 2.45) is 12.8 Å². The Morgan fingerprint density at radius 2 is 1.89 bits per heavy atom. The van der Waals surface area contributed by atoms with Crippen LogP contribution in [0.3, 0.4) is 0 Å². The minimum absolute atomic E-state index is 0.384. The Hall–Kier alpha value is -2.01. The molecular weight excluding hydrogens is 242 g/mol. The van der Waals surface area contributed by atoms with Gasteiger partial charge in [0.15, 0.2) is 0 Å². The van der Waals surface area contributed by atoms with E-state index in [2.05, 4.69) is 4.98 Å². The van der Waals surface area contributed by atoms with Gasteiger partial charge in [0.05, 0.1) is 31.9 Å². The molecule has 19 heavy (non-hydrogen) atoms. The van der Waals surface area contributed by atoms with E-state index in [-0.39, 0.29) is 0 Å². The largest absolute Gasteiger partial charge is 0.496 e. The summed E-state index contributed by atoms with van der Waals surface area (Å²) in [6.45, 7) is 2.37. The number of rotatable bonds is 4. The number of ether oxygens (including phenoxy) is 2. The third-order valence-corrected chi connectivity index (χ3v) is 3.18. The first kappa shape index (κ1) is 13.4. The van der Waals surface area contributed by atoms with E-state index in [9.17, 15) is 0 Å². The van der Waals surface area contributed by atoms with Gasteiger partial charge in [0, 0.05) is 19.2 Å². The Morgan fingerprint density at radius 1 is 1.21 bits per heavy atom. The van der Waals surface area contributed by atoms with Crippen molar-refractivity contribution in [2.75, 3.05) is 14.2 Å². The predicted octanol–water partition coefficient (Wildman–Crippen LogP) is 1.87. The number of benzene rings is 1. The molecule has 0 fully saturated rings. The highest BCUT2D eigenvalue weighted by atomic mass is 16.5. The molecule has 0 spiro atoms. The Balaban J connectivity index is 2.69. The Labute approximate surface area is 113 Å². The van der Waals surface area contributed by atoms with Crippen molar-refractivity contribution >= 4 is 0 Å². The summed E-state index contributed by atoms with van der Waals surface area (Å²) < 4.78 is 12.8. The van der Waals surface area contributed by atoms with E-state index in [1.807, 2.05) is 30.7 Å². The topological polar surface area (TPSA) is 62.3 Å². The van der Waals surface area contributed by atoms with E-state index < -0.39 is 0 Å². The average molecular weight is 261 g/mol. The van der Waals surface area contributed by atoms with Gasteiger partial charge < -0.3 is 19.8 Å². The molecule has 0 aliphatic rings. The van der Waals surface area contributed by atoms with Gasteiger partial charge in [-0.1, -0.05) is 0 Å². The second-order valence-electron chi connectivity index (χ2n) is 4.38.